The van der Waals surface area contributed by atoms with Crippen molar-refractivity contribution in [3.05, 3.63) is 16.7 Å². The van der Waals surface area contributed by atoms with Crippen LogP contribution in [0.15, 0.2) is 4.52 Å². The molecule has 0 aromatic carbocycles. The Morgan fingerprint density at radius 3 is 2.92 bits per heavy atom. The molecule has 0 saturated carbocycles. The molecule has 24 heavy (non-hydrogen) atoms. The van der Waals surface area contributed by atoms with Crippen LogP contribution in [0.25, 0.3) is 0 Å². The van der Waals surface area contributed by atoms with Crippen molar-refractivity contribution in [2.45, 2.75) is 52.0 Å². The van der Waals surface area contributed by atoms with Gasteiger partial charge in [0.05, 0.1) is 12.6 Å². The molecule has 1 amide bonds. The fraction of sp³-hybridized carbons (Fsp3) is 0.667. The second-order valence-corrected chi connectivity index (χ2v) is 7.48. The molecule has 0 radical (unpaired) electrons. The molecule has 1 aliphatic rings. The Labute approximate surface area is 144 Å². The van der Waals surface area contributed by atoms with Gasteiger partial charge in [-0.1, -0.05) is 36.8 Å². The third-order valence-electron chi connectivity index (χ3n) is 3.99. The van der Waals surface area contributed by atoms with Crippen molar-refractivity contribution in [3.8, 4) is 0 Å². The number of nitrogens with one attached hydrogen (secondary N) is 1. The highest BCUT2D eigenvalue weighted by Crippen LogP contribution is 2.30. The molecule has 9 heteroatoms. The van der Waals surface area contributed by atoms with E-state index in [4.69, 9.17) is 4.52 Å². The zero-order valence-corrected chi connectivity index (χ0v) is 15.0. The molecule has 1 atom stereocenters. The minimum absolute atomic E-state index is 0.000607. The van der Waals surface area contributed by atoms with Crippen LogP contribution in [0.4, 0.5) is 5.13 Å². The number of rotatable bonds is 5. The maximum atomic E-state index is 12.3. The van der Waals surface area contributed by atoms with Crippen molar-refractivity contribution in [3.63, 3.8) is 0 Å². The van der Waals surface area contributed by atoms with Crippen LogP contribution in [-0.4, -0.2) is 44.2 Å². The van der Waals surface area contributed by atoms with E-state index in [0.29, 0.717) is 16.8 Å². The SMILES string of the molecule is Cc1nnc(NC(=O)CN2CCCC[C@@H]2c2nc(C(C)C)no2)s1. The lowest BCUT2D eigenvalue weighted by molar-refractivity contribution is -0.118. The molecule has 0 spiro atoms. The van der Waals surface area contributed by atoms with Gasteiger partial charge >= 0.3 is 0 Å². The van der Waals surface area contributed by atoms with Gasteiger partial charge in [-0.25, -0.2) is 0 Å². The third kappa shape index (κ3) is 3.96. The maximum Gasteiger partial charge on any atom is 0.244 e. The van der Waals surface area contributed by atoms with Crippen molar-refractivity contribution < 1.29 is 9.32 Å². The first kappa shape index (κ1) is 17.0. The highest BCUT2D eigenvalue weighted by Gasteiger charge is 2.30. The Hall–Kier alpha value is -1.87. The average Bonchev–Trinajstić information content (AvgIpc) is 3.17. The number of likely N-dealkylation sites (tertiary alicyclic amines) is 1. The number of hydrogen-bond acceptors (Lipinski definition) is 8. The molecule has 8 nitrogen and oxygen atoms in total. The van der Waals surface area contributed by atoms with Crippen LogP contribution in [0.2, 0.25) is 0 Å². The summed E-state index contributed by atoms with van der Waals surface area (Å²) in [6.07, 6.45) is 3.08. The number of nitrogens with zero attached hydrogens (tertiary/aromatic N) is 5. The van der Waals surface area contributed by atoms with E-state index in [-0.39, 0.29) is 24.4 Å². The molecule has 2 aromatic heterocycles. The first-order chi connectivity index (χ1) is 11.5. The molecule has 1 fully saturated rings. The Kier molecular flexibility index (Phi) is 5.20. The largest absolute Gasteiger partial charge is 0.338 e. The van der Waals surface area contributed by atoms with Gasteiger partial charge < -0.3 is 4.52 Å². The van der Waals surface area contributed by atoms with Crippen LogP contribution >= 0.6 is 11.3 Å². The number of amides is 1. The van der Waals surface area contributed by atoms with E-state index in [1.54, 1.807) is 0 Å². The van der Waals surface area contributed by atoms with Gasteiger partial charge in [0.1, 0.15) is 5.01 Å². The van der Waals surface area contributed by atoms with E-state index in [1.807, 2.05) is 20.8 Å². The quantitative estimate of drug-likeness (QED) is 0.885. The predicted octanol–water partition coefficient (Wildman–Crippen LogP) is 2.52. The van der Waals surface area contributed by atoms with E-state index in [9.17, 15) is 4.79 Å². The minimum Gasteiger partial charge on any atom is -0.338 e. The van der Waals surface area contributed by atoms with Gasteiger partial charge in [-0.3, -0.25) is 15.0 Å². The Balaban J connectivity index is 1.66. The zero-order chi connectivity index (χ0) is 17.1. The summed E-state index contributed by atoms with van der Waals surface area (Å²) in [5.41, 5.74) is 0. The molecule has 2 aromatic rings. The number of aromatic nitrogens is 4. The van der Waals surface area contributed by atoms with Crippen LogP contribution in [0, 0.1) is 6.92 Å². The second kappa shape index (κ2) is 7.35. The van der Waals surface area contributed by atoms with E-state index in [1.165, 1.54) is 11.3 Å². The molecule has 3 heterocycles. The molecular formula is C15H22N6O2S. The molecule has 0 aliphatic carbocycles. The van der Waals surface area contributed by atoms with Crippen molar-refractivity contribution >= 4 is 22.4 Å². The number of aryl methyl sites for hydroxylation is 1. The highest BCUT2D eigenvalue weighted by atomic mass is 32.1. The molecule has 1 N–H and O–H groups in total. The molecule has 3 rings (SSSR count). The van der Waals surface area contributed by atoms with Gasteiger partial charge in [0, 0.05) is 5.92 Å². The van der Waals surface area contributed by atoms with Gasteiger partial charge in [-0.15, -0.1) is 10.2 Å². The first-order valence-electron chi connectivity index (χ1n) is 8.20. The number of hydrogen-bond donors (Lipinski definition) is 1. The minimum atomic E-state index is -0.0957. The first-order valence-corrected chi connectivity index (χ1v) is 9.02. The number of piperidine rings is 1. The summed E-state index contributed by atoms with van der Waals surface area (Å²) in [5, 5.41) is 16.0. The van der Waals surface area contributed by atoms with Crippen LogP contribution in [0.1, 0.15) is 61.8 Å². The number of anilines is 1. The monoisotopic (exact) mass is 350 g/mol. The number of carbonyl (C=O) groups is 1. The molecule has 0 unspecified atom stereocenters. The Morgan fingerprint density at radius 1 is 1.42 bits per heavy atom. The van der Waals surface area contributed by atoms with Crippen molar-refractivity contribution in [2.75, 3.05) is 18.4 Å². The second-order valence-electron chi connectivity index (χ2n) is 6.30. The lowest BCUT2D eigenvalue weighted by atomic mass is 10.0. The van der Waals surface area contributed by atoms with Crippen LogP contribution in [0.3, 0.4) is 0 Å². The summed E-state index contributed by atoms with van der Waals surface area (Å²) in [7, 11) is 0. The zero-order valence-electron chi connectivity index (χ0n) is 14.2. The molecule has 1 saturated heterocycles. The summed E-state index contributed by atoms with van der Waals surface area (Å²) in [5.74, 6) is 1.45. The van der Waals surface area contributed by atoms with Crippen molar-refractivity contribution in [2.24, 2.45) is 0 Å². The fourth-order valence-corrected chi connectivity index (χ4v) is 3.38. The van der Waals surface area contributed by atoms with Gasteiger partial charge in [-0.05, 0) is 26.3 Å². The lowest BCUT2D eigenvalue weighted by Gasteiger charge is -2.32. The van der Waals surface area contributed by atoms with Crippen molar-refractivity contribution in [1.82, 2.24) is 25.2 Å². The normalized spacial score (nSPS) is 18.9. The van der Waals surface area contributed by atoms with Gasteiger partial charge in [0.25, 0.3) is 0 Å². The lowest BCUT2D eigenvalue weighted by Crippen LogP contribution is -2.39. The summed E-state index contributed by atoms with van der Waals surface area (Å²) in [4.78, 5) is 18.9. The molecule has 1 aliphatic heterocycles. The number of carbonyl (C=O) groups excluding carboxylic acids is 1. The smallest absolute Gasteiger partial charge is 0.244 e. The van der Waals surface area contributed by atoms with Gasteiger partial charge in [0.2, 0.25) is 16.9 Å². The average molecular weight is 350 g/mol. The van der Waals surface area contributed by atoms with E-state index in [0.717, 1.165) is 30.8 Å². The third-order valence-corrected chi connectivity index (χ3v) is 4.75. The summed E-state index contributed by atoms with van der Waals surface area (Å²) >= 11 is 1.37. The highest BCUT2D eigenvalue weighted by molar-refractivity contribution is 7.15. The molecule has 130 valence electrons. The standard InChI is InChI=1S/C15H22N6O2S/c1-9(2)13-17-14(23-20-13)11-6-4-5-7-21(11)8-12(22)16-15-19-18-10(3)24-15/h9,11H,4-8H2,1-3H3,(H,16,19,22)/t11-/m1/s1. The summed E-state index contributed by atoms with van der Waals surface area (Å²) in [6.45, 7) is 7.04. The topological polar surface area (TPSA) is 97.0 Å². The predicted molar refractivity (Wildman–Crippen MR) is 89.8 cm³/mol. The van der Waals surface area contributed by atoms with E-state index < -0.39 is 0 Å². The van der Waals surface area contributed by atoms with Crippen LogP contribution in [0.5, 0.6) is 0 Å². The van der Waals surface area contributed by atoms with Gasteiger partial charge in [0.15, 0.2) is 5.82 Å². The fourth-order valence-electron chi connectivity index (χ4n) is 2.77. The molecule has 0 bridgehead atoms. The van der Waals surface area contributed by atoms with Crippen molar-refractivity contribution in [1.29, 1.82) is 0 Å². The Morgan fingerprint density at radius 2 is 2.25 bits per heavy atom. The van der Waals surface area contributed by atoms with Crippen LogP contribution in [-0.2, 0) is 4.79 Å². The summed E-state index contributed by atoms with van der Waals surface area (Å²) in [6, 6.07) is 0.000607. The van der Waals surface area contributed by atoms with E-state index in [2.05, 4.69) is 30.6 Å². The maximum absolute atomic E-state index is 12.3. The van der Waals surface area contributed by atoms with Gasteiger partial charge in [-0.2, -0.15) is 4.98 Å². The molecular weight excluding hydrogens is 328 g/mol. The Bertz CT molecular complexity index is 698. The van der Waals surface area contributed by atoms with E-state index >= 15 is 0 Å². The van der Waals surface area contributed by atoms with Crippen LogP contribution < -0.4 is 5.32 Å². The summed E-state index contributed by atoms with van der Waals surface area (Å²) < 4.78 is 5.44.